The van der Waals surface area contributed by atoms with Crippen LogP contribution in [-0.2, 0) is 0 Å². The van der Waals surface area contributed by atoms with E-state index in [2.05, 4.69) is 58.3 Å². The number of nitrogens with one attached hydrogen (secondary N) is 1. The van der Waals surface area contributed by atoms with Gasteiger partial charge in [-0.1, -0.05) is 46.6 Å². The molecule has 0 amide bonds. The van der Waals surface area contributed by atoms with Gasteiger partial charge < -0.3 is 11.1 Å². The lowest BCUT2D eigenvalue weighted by Crippen LogP contribution is -2.23. The molecule has 1 atom stereocenters. The van der Waals surface area contributed by atoms with Crippen molar-refractivity contribution in [2.75, 3.05) is 12.3 Å². The van der Waals surface area contributed by atoms with Crippen molar-refractivity contribution in [2.24, 2.45) is 0 Å². The zero-order valence-electron chi connectivity index (χ0n) is 11.5. The topological polar surface area (TPSA) is 50.9 Å². The Bertz CT molecular complexity index is 616. The van der Waals surface area contributed by atoms with E-state index in [1.807, 2.05) is 6.07 Å². The Kier molecular flexibility index (Phi) is 5.02. The molecule has 0 bridgehead atoms. The molecule has 1 aromatic heterocycles. The Morgan fingerprint density at radius 3 is 2.80 bits per heavy atom. The molecule has 1 aromatic carbocycles. The molecule has 0 fully saturated rings. The molecule has 0 aliphatic heterocycles. The highest BCUT2D eigenvalue weighted by molar-refractivity contribution is 9.10. The minimum atomic E-state index is -0.0249. The van der Waals surface area contributed by atoms with Gasteiger partial charge in [0.15, 0.2) is 0 Å². The van der Waals surface area contributed by atoms with Crippen LogP contribution in [0.2, 0.25) is 5.02 Å². The third kappa shape index (κ3) is 3.32. The molecule has 0 aliphatic carbocycles. The number of nitrogen functional groups attached to an aromatic ring is 1. The number of rotatable bonds is 4. The molecule has 0 saturated carbocycles. The molecule has 0 saturated heterocycles. The van der Waals surface area contributed by atoms with Crippen LogP contribution in [-0.4, -0.2) is 11.5 Å². The first-order valence-corrected chi connectivity index (χ1v) is 7.60. The summed E-state index contributed by atoms with van der Waals surface area (Å²) in [5, 5.41) is 4.02. The minimum absolute atomic E-state index is 0.0249. The van der Waals surface area contributed by atoms with E-state index in [4.69, 9.17) is 17.3 Å². The van der Waals surface area contributed by atoms with E-state index in [1.165, 1.54) is 5.56 Å². The second-order valence-electron chi connectivity index (χ2n) is 4.63. The molecule has 106 valence electrons. The van der Waals surface area contributed by atoms with Crippen molar-refractivity contribution < 1.29 is 0 Å². The zero-order valence-corrected chi connectivity index (χ0v) is 13.8. The van der Waals surface area contributed by atoms with Gasteiger partial charge in [-0.05, 0) is 36.7 Å². The van der Waals surface area contributed by atoms with E-state index in [0.717, 1.165) is 22.1 Å². The van der Waals surface area contributed by atoms with Crippen LogP contribution in [0.1, 0.15) is 29.7 Å². The lowest BCUT2D eigenvalue weighted by Gasteiger charge is -2.21. The third-order valence-corrected chi connectivity index (χ3v) is 4.23. The first-order chi connectivity index (χ1) is 9.52. The van der Waals surface area contributed by atoms with Gasteiger partial charge in [0.1, 0.15) is 5.82 Å². The summed E-state index contributed by atoms with van der Waals surface area (Å²) in [6.45, 7) is 4.94. The van der Waals surface area contributed by atoms with Crippen molar-refractivity contribution in [2.45, 2.75) is 19.9 Å². The Morgan fingerprint density at radius 1 is 1.40 bits per heavy atom. The number of benzene rings is 1. The summed E-state index contributed by atoms with van der Waals surface area (Å²) in [5.74, 6) is 0.497. The number of aromatic nitrogens is 1. The largest absolute Gasteiger partial charge is 0.383 e. The number of halogens is 2. The van der Waals surface area contributed by atoms with E-state index >= 15 is 0 Å². The Morgan fingerprint density at radius 2 is 2.15 bits per heavy atom. The van der Waals surface area contributed by atoms with Crippen LogP contribution in [0.5, 0.6) is 0 Å². The molecule has 3 nitrogen and oxygen atoms in total. The summed E-state index contributed by atoms with van der Waals surface area (Å²) >= 11 is 9.62. The van der Waals surface area contributed by atoms with Crippen LogP contribution >= 0.6 is 27.5 Å². The fourth-order valence-electron chi connectivity index (χ4n) is 2.10. The van der Waals surface area contributed by atoms with Gasteiger partial charge in [-0.2, -0.15) is 0 Å². The second-order valence-corrected chi connectivity index (χ2v) is 5.92. The summed E-state index contributed by atoms with van der Waals surface area (Å²) in [6.07, 6.45) is 1.56. The quantitative estimate of drug-likeness (QED) is 0.869. The van der Waals surface area contributed by atoms with Gasteiger partial charge in [0.05, 0.1) is 11.1 Å². The van der Waals surface area contributed by atoms with E-state index in [-0.39, 0.29) is 6.04 Å². The van der Waals surface area contributed by atoms with Crippen molar-refractivity contribution in [1.82, 2.24) is 10.3 Å². The van der Waals surface area contributed by atoms with Gasteiger partial charge in [-0.3, -0.25) is 0 Å². The summed E-state index contributed by atoms with van der Waals surface area (Å²) in [4.78, 5) is 4.14. The smallest absolute Gasteiger partial charge is 0.128 e. The number of aryl methyl sites for hydroxylation is 1. The average Bonchev–Trinajstić information content (AvgIpc) is 2.42. The van der Waals surface area contributed by atoms with Crippen molar-refractivity contribution in [3.05, 3.63) is 56.6 Å². The van der Waals surface area contributed by atoms with Gasteiger partial charge >= 0.3 is 0 Å². The highest BCUT2D eigenvalue weighted by Gasteiger charge is 2.17. The maximum atomic E-state index is 6.05. The van der Waals surface area contributed by atoms with Gasteiger partial charge in [0.2, 0.25) is 0 Å². The fraction of sp³-hybridized carbons (Fsp3) is 0.267. The minimum Gasteiger partial charge on any atom is -0.383 e. The van der Waals surface area contributed by atoms with Crippen LogP contribution in [0.15, 0.2) is 34.9 Å². The number of nitrogens with two attached hydrogens (primary N) is 1. The number of hydrogen-bond donors (Lipinski definition) is 2. The van der Waals surface area contributed by atoms with Gasteiger partial charge in [-0.25, -0.2) is 4.98 Å². The second kappa shape index (κ2) is 6.57. The first kappa shape index (κ1) is 15.3. The van der Waals surface area contributed by atoms with E-state index in [0.29, 0.717) is 10.8 Å². The number of nitrogens with zero attached hydrogens (tertiary/aromatic N) is 1. The maximum absolute atomic E-state index is 6.05. The fourth-order valence-corrected chi connectivity index (χ4v) is 2.66. The van der Waals surface area contributed by atoms with Crippen LogP contribution in [0.4, 0.5) is 5.82 Å². The highest BCUT2D eigenvalue weighted by atomic mass is 79.9. The molecule has 20 heavy (non-hydrogen) atoms. The predicted octanol–water partition coefficient (Wildman–Crippen LogP) is 4.09. The Balaban J connectivity index is 2.49. The van der Waals surface area contributed by atoms with Crippen molar-refractivity contribution in [1.29, 1.82) is 0 Å². The van der Waals surface area contributed by atoms with E-state index < -0.39 is 0 Å². The first-order valence-electron chi connectivity index (χ1n) is 6.43. The zero-order chi connectivity index (χ0) is 14.7. The molecule has 1 heterocycles. The molecule has 1 unspecified atom stereocenters. The third-order valence-electron chi connectivity index (χ3n) is 3.16. The van der Waals surface area contributed by atoms with Crippen LogP contribution in [0.3, 0.4) is 0 Å². The van der Waals surface area contributed by atoms with E-state index in [1.54, 1.807) is 6.20 Å². The SMILES string of the molecule is CCNC(c1ccc(C)c(Br)c1)c1cc(Cl)cnc1N. The monoisotopic (exact) mass is 353 g/mol. The molecule has 3 N–H and O–H groups in total. The predicted molar refractivity (Wildman–Crippen MR) is 88.1 cm³/mol. The molecule has 5 heteroatoms. The normalized spacial score (nSPS) is 12.4. The molecule has 0 spiro atoms. The Labute approximate surface area is 132 Å². The lowest BCUT2D eigenvalue weighted by atomic mass is 9.98. The summed E-state index contributed by atoms with van der Waals surface area (Å²) in [7, 11) is 0. The van der Waals surface area contributed by atoms with Crippen LogP contribution < -0.4 is 11.1 Å². The number of hydrogen-bond acceptors (Lipinski definition) is 3. The van der Waals surface area contributed by atoms with Gasteiger partial charge in [0, 0.05) is 16.2 Å². The molecular formula is C15H17BrClN3. The lowest BCUT2D eigenvalue weighted by molar-refractivity contribution is 0.630. The van der Waals surface area contributed by atoms with E-state index in [9.17, 15) is 0 Å². The molecule has 0 aliphatic rings. The van der Waals surface area contributed by atoms with Gasteiger partial charge in [-0.15, -0.1) is 0 Å². The number of pyridine rings is 1. The molecule has 2 aromatic rings. The maximum Gasteiger partial charge on any atom is 0.128 e. The van der Waals surface area contributed by atoms with Gasteiger partial charge in [0.25, 0.3) is 0 Å². The number of anilines is 1. The summed E-state index contributed by atoms with van der Waals surface area (Å²) in [5.41, 5.74) is 9.22. The molecule has 2 rings (SSSR count). The summed E-state index contributed by atoms with van der Waals surface area (Å²) in [6, 6.07) is 8.11. The van der Waals surface area contributed by atoms with Crippen molar-refractivity contribution >= 4 is 33.3 Å². The van der Waals surface area contributed by atoms with Crippen molar-refractivity contribution in [3.63, 3.8) is 0 Å². The van der Waals surface area contributed by atoms with Crippen LogP contribution in [0.25, 0.3) is 0 Å². The van der Waals surface area contributed by atoms with Crippen molar-refractivity contribution in [3.8, 4) is 0 Å². The Hall–Kier alpha value is -1.10. The molecule has 0 radical (unpaired) electrons. The molecular weight excluding hydrogens is 338 g/mol. The standard InChI is InChI=1S/C15H17BrClN3/c1-3-19-14(10-5-4-9(2)13(16)6-10)12-7-11(17)8-20-15(12)18/h4-8,14,19H,3H2,1-2H3,(H2,18,20). The highest BCUT2D eigenvalue weighted by Crippen LogP contribution is 2.30. The summed E-state index contributed by atoms with van der Waals surface area (Å²) < 4.78 is 1.08. The average molecular weight is 355 g/mol. The van der Waals surface area contributed by atoms with Crippen LogP contribution in [0, 0.1) is 6.92 Å².